The minimum atomic E-state index is 0.462. The number of thiophene rings is 1. The highest BCUT2D eigenvalue weighted by atomic mass is 35.5. The fourth-order valence-corrected chi connectivity index (χ4v) is 2.81. The average molecular weight is 278 g/mol. The van der Waals surface area contributed by atoms with Crippen LogP contribution in [0, 0.1) is 25.2 Å². The molecule has 0 N–H and O–H groups in total. The van der Waals surface area contributed by atoms with E-state index in [0.29, 0.717) is 12.2 Å². The lowest BCUT2D eigenvalue weighted by molar-refractivity contribution is 0.305. The number of hydrogen-bond acceptors (Lipinski definition) is 3. The van der Waals surface area contributed by atoms with Gasteiger partial charge in [-0.2, -0.15) is 5.26 Å². The van der Waals surface area contributed by atoms with Crippen LogP contribution in [0.1, 0.15) is 21.6 Å². The molecule has 0 aliphatic rings. The first-order chi connectivity index (χ1) is 8.61. The predicted octanol–water partition coefficient (Wildman–Crippen LogP) is 4.47. The molecule has 0 aliphatic carbocycles. The lowest BCUT2D eigenvalue weighted by Crippen LogP contribution is -1.98. The Morgan fingerprint density at radius 1 is 1.33 bits per heavy atom. The van der Waals surface area contributed by atoms with E-state index in [0.717, 1.165) is 26.8 Å². The first-order valence-electron chi connectivity index (χ1n) is 5.48. The van der Waals surface area contributed by atoms with Crippen molar-refractivity contribution in [3.63, 3.8) is 0 Å². The fraction of sp³-hybridized carbons (Fsp3) is 0.214. The maximum atomic E-state index is 8.89. The Bertz CT molecular complexity index is 589. The van der Waals surface area contributed by atoms with Crippen molar-refractivity contribution >= 4 is 22.9 Å². The highest BCUT2D eigenvalue weighted by Crippen LogP contribution is 2.28. The smallest absolute Gasteiger partial charge is 0.125 e. The first-order valence-corrected chi connectivity index (χ1v) is 6.73. The summed E-state index contributed by atoms with van der Waals surface area (Å²) in [5.74, 6) is 0.832. The van der Waals surface area contributed by atoms with Crippen molar-refractivity contribution in [1.29, 1.82) is 5.26 Å². The van der Waals surface area contributed by atoms with E-state index in [1.807, 2.05) is 37.4 Å². The lowest BCUT2D eigenvalue weighted by atomic mass is 10.1. The average Bonchev–Trinajstić information content (AvgIpc) is 2.73. The van der Waals surface area contributed by atoms with Crippen molar-refractivity contribution in [2.24, 2.45) is 0 Å². The number of halogens is 1. The van der Waals surface area contributed by atoms with Crippen molar-refractivity contribution in [2.45, 2.75) is 20.5 Å². The molecule has 92 valence electrons. The number of aryl methyl sites for hydroxylation is 2. The normalized spacial score (nSPS) is 10.1. The van der Waals surface area contributed by atoms with Crippen LogP contribution < -0.4 is 4.74 Å². The van der Waals surface area contributed by atoms with Gasteiger partial charge in [-0.1, -0.05) is 11.6 Å². The van der Waals surface area contributed by atoms with Crippen LogP contribution in [0.15, 0.2) is 23.6 Å². The van der Waals surface area contributed by atoms with E-state index in [4.69, 9.17) is 21.6 Å². The van der Waals surface area contributed by atoms with Crippen LogP contribution >= 0.6 is 22.9 Å². The summed E-state index contributed by atoms with van der Waals surface area (Å²) in [4.78, 5) is 1.01. The van der Waals surface area contributed by atoms with Crippen molar-refractivity contribution in [3.8, 4) is 11.8 Å². The monoisotopic (exact) mass is 277 g/mol. The van der Waals surface area contributed by atoms with Gasteiger partial charge in [-0.05, 0) is 48.6 Å². The predicted molar refractivity (Wildman–Crippen MR) is 74.3 cm³/mol. The lowest BCUT2D eigenvalue weighted by Gasteiger charge is -2.12. The first kappa shape index (κ1) is 12.9. The van der Waals surface area contributed by atoms with E-state index in [-0.39, 0.29) is 0 Å². The van der Waals surface area contributed by atoms with E-state index in [9.17, 15) is 0 Å². The molecular weight excluding hydrogens is 266 g/mol. The van der Waals surface area contributed by atoms with E-state index in [1.54, 1.807) is 11.3 Å². The standard InChI is InChI=1S/C14H12ClNOS/c1-9-5-11(7-16)6-10(2)14(9)17-8-13-12(15)3-4-18-13/h3-6H,8H2,1-2H3. The van der Waals surface area contributed by atoms with E-state index in [1.165, 1.54) is 0 Å². The van der Waals surface area contributed by atoms with Gasteiger partial charge < -0.3 is 4.74 Å². The summed E-state index contributed by atoms with van der Waals surface area (Å²) in [5.41, 5.74) is 2.60. The van der Waals surface area contributed by atoms with Crippen LogP contribution in [0.5, 0.6) is 5.75 Å². The molecular formula is C14H12ClNOS. The van der Waals surface area contributed by atoms with Crippen LogP contribution in [-0.2, 0) is 6.61 Å². The molecule has 0 saturated carbocycles. The number of nitriles is 1. The molecule has 1 aromatic carbocycles. The molecule has 1 heterocycles. The minimum absolute atomic E-state index is 0.462. The molecule has 1 aromatic heterocycles. The summed E-state index contributed by atoms with van der Waals surface area (Å²) in [6.45, 7) is 4.35. The van der Waals surface area contributed by atoms with Crippen molar-refractivity contribution in [1.82, 2.24) is 0 Å². The molecule has 2 nitrogen and oxygen atoms in total. The second-order valence-corrected chi connectivity index (χ2v) is 5.44. The zero-order valence-electron chi connectivity index (χ0n) is 10.2. The molecule has 0 radical (unpaired) electrons. The number of nitrogens with zero attached hydrogens (tertiary/aromatic N) is 1. The van der Waals surface area contributed by atoms with Gasteiger partial charge in [-0.25, -0.2) is 0 Å². The van der Waals surface area contributed by atoms with Gasteiger partial charge in [0.1, 0.15) is 12.4 Å². The van der Waals surface area contributed by atoms with Crippen LogP contribution in [0.3, 0.4) is 0 Å². The highest BCUT2D eigenvalue weighted by Gasteiger charge is 2.08. The SMILES string of the molecule is Cc1cc(C#N)cc(C)c1OCc1sccc1Cl. The van der Waals surface area contributed by atoms with Crippen molar-refractivity contribution < 1.29 is 4.74 Å². The van der Waals surface area contributed by atoms with Crippen LogP contribution in [0.2, 0.25) is 5.02 Å². The van der Waals surface area contributed by atoms with Gasteiger partial charge in [0.05, 0.1) is 21.5 Å². The molecule has 0 amide bonds. The van der Waals surface area contributed by atoms with Gasteiger partial charge in [0, 0.05) is 0 Å². The third-order valence-corrected chi connectivity index (χ3v) is 3.99. The second kappa shape index (κ2) is 5.43. The summed E-state index contributed by atoms with van der Waals surface area (Å²) in [6.07, 6.45) is 0. The van der Waals surface area contributed by atoms with Gasteiger partial charge >= 0.3 is 0 Å². The molecule has 0 bridgehead atoms. The van der Waals surface area contributed by atoms with Gasteiger partial charge in [0.2, 0.25) is 0 Å². The van der Waals surface area contributed by atoms with Crippen molar-refractivity contribution in [3.05, 3.63) is 50.2 Å². The molecule has 0 fully saturated rings. The van der Waals surface area contributed by atoms with Crippen LogP contribution in [0.4, 0.5) is 0 Å². The second-order valence-electron chi connectivity index (χ2n) is 4.03. The molecule has 0 unspecified atom stereocenters. The summed E-state index contributed by atoms with van der Waals surface area (Å²) < 4.78 is 5.81. The Balaban J connectivity index is 2.20. The third-order valence-electron chi connectivity index (χ3n) is 2.63. The maximum Gasteiger partial charge on any atom is 0.125 e. The zero-order chi connectivity index (χ0) is 13.1. The van der Waals surface area contributed by atoms with Gasteiger partial charge in [0.15, 0.2) is 0 Å². The van der Waals surface area contributed by atoms with Crippen LogP contribution in [0.25, 0.3) is 0 Å². The maximum absolute atomic E-state index is 8.89. The molecule has 0 spiro atoms. The summed E-state index contributed by atoms with van der Waals surface area (Å²) >= 11 is 7.60. The third kappa shape index (κ3) is 2.66. The van der Waals surface area contributed by atoms with Gasteiger partial charge in [-0.15, -0.1) is 11.3 Å². The van der Waals surface area contributed by atoms with Gasteiger partial charge in [-0.3, -0.25) is 0 Å². The minimum Gasteiger partial charge on any atom is -0.487 e. The molecule has 2 aromatic rings. The summed E-state index contributed by atoms with van der Waals surface area (Å²) in [6, 6.07) is 7.67. The summed E-state index contributed by atoms with van der Waals surface area (Å²) in [7, 11) is 0. The molecule has 0 atom stereocenters. The largest absolute Gasteiger partial charge is 0.487 e. The Morgan fingerprint density at radius 3 is 2.50 bits per heavy atom. The van der Waals surface area contributed by atoms with E-state index >= 15 is 0 Å². The highest BCUT2D eigenvalue weighted by molar-refractivity contribution is 7.10. The van der Waals surface area contributed by atoms with E-state index < -0.39 is 0 Å². The number of hydrogen-bond donors (Lipinski definition) is 0. The van der Waals surface area contributed by atoms with Gasteiger partial charge in [0.25, 0.3) is 0 Å². The van der Waals surface area contributed by atoms with Crippen molar-refractivity contribution in [2.75, 3.05) is 0 Å². The zero-order valence-corrected chi connectivity index (χ0v) is 11.7. The number of ether oxygens (including phenoxy) is 1. The Labute approximate surface area is 115 Å². The number of benzene rings is 1. The molecule has 0 aliphatic heterocycles. The number of rotatable bonds is 3. The van der Waals surface area contributed by atoms with E-state index in [2.05, 4.69) is 6.07 Å². The molecule has 2 rings (SSSR count). The molecule has 0 saturated heterocycles. The molecule has 18 heavy (non-hydrogen) atoms. The Morgan fingerprint density at radius 2 is 2.00 bits per heavy atom. The summed E-state index contributed by atoms with van der Waals surface area (Å²) in [5, 5.41) is 11.6. The Hall–Kier alpha value is -1.50. The molecule has 4 heteroatoms. The topological polar surface area (TPSA) is 33.0 Å². The quantitative estimate of drug-likeness (QED) is 0.829. The fourth-order valence-electron chi connectivity index (χ4n) is 1.81. The Kier molecular flexibility index (Phi) is 3.90. The van der Waals surface area contributed by atoms with Crippen LogP contribution in [-0.4, -0.2) is 0 Å².